The summed E-state index contributed by atoms with van der Waals surface area (Å²) >= 11 is 0. The molecule has 0 radical (unpaired) electrons. The van der Waals surface area contributed by atoms with Crippen LogP contribution < -0.4 is 4.74 Å². The molecule has 238 valence electrons. The molecule has 0 aliphatic heterocycles. The molecule has 0 atom stereocenters. The molecular formula is C40H35FN4OPt. The molecule has 3 aromatic heterocycles. The van der Waals surface area contributed by atoms with Crippen molar-refractivity contribution in [1.82, 2.24) is 19.3 Å². The van der Waals surface area contributed by atoms with Crippen LogP contribution in [0.2, 0.25) is 0 Å². The zero-order chi connectivity index (χ0) is 32.2. The first kappa shape index (κ1) is 32.4. The number of rotatable bonds is 5. The van der Waals surface area contributed by atoms with Crippen molar-refractivity contribution in [2.24, 2.45) is 0 Å². The Bertz CT molecular complexity index is 2200. The zero-order valence-electron chi connectivity index (χ0n) is 27.2. The third-order valence-electron chi connectivity index (χ3n) is 8.26. The molecule has 4 aromatic carbocycles. The van der Waals surface area contributed by atoms with Crippen LogP contribution in [-0.4, -0.2) is 19.3 Å². The first-order chi connectivity index (χ1) is 22.0. The van der Waals surface area contributed by atoms with Gasteiger partial charge in [0.05, 0.1) is 6.20 Å². The summed E-state index contributed by atoms with van der Waals surface area (Å²) in [4.78, 5) is 4.45. The van der Waals surface area contributed by atoms with Gasteiger partial charge in [0, 0.05) is 41.0 Å². The monoisotopic (exact) mass is 801 g/mol. The van der Waals surface area contributed by atoms with Crippen LogP contribution in [0.25, 0.3) is 44.4 Å². The van der Waals surface area contributed by atoms with Crippen molar-refractivity contribution in [3.8, 4) is 34.1 Å². The normalized spacial score (nSPS) is 12.0. The summed E-state index contributed by atoms with van der Waals surface area (Å²) in [5.74, 6) is 1.16. The number of pyridine rings is 1. The van der Waals surface area contributed by atoms with E-state index in [1.807, 2.05) is 70.0 Å². The number of ether oxygens (including phenoxy) is 1. The SMILES string of the molecule is CC(C)(C)c1cccc(C(C)(C)C)c1-c1cnn(-c2[c-]c(Oc3[c-]c4c(cc3)c3ccccc3n4-c3cc(F)ccn3)ccc2)c1.[Pt+2]. The van der Waals surface area contributed by atoms with Gasteiger partial charge in [-0.05, 0) is 50.7 Å². The van der Waals surface area contributed by atoms with E-state index in [0.717, 1.165) is 33.1 Å². The van der Waals surface area contributed by atoms with E-state index in [0.29, 0.717) is 17.3 Å². The summed E-state index contributed by atoms with van der Waals surface area (Å²) in [5.41, 5.74) is 7.22. The van der Waals surface area contributed by atoms with Gasteiger partial charge < -0.3 is 9.30 Å². The van der Waals surface area contributed by atoms with Gasteiger partial charge in [-0.15, -0.1) is 35.7 Å². The summed E-state index contributed by atoms with van der Waals surface area (Å²) in [5, 5.41) is 6.75. The van der Waals surface area contributed by atoms with Crippen LogP contribution in [0.5, 0.6) is 11.5 Å². The van der Waals surface area contributed by atoms with Gasteiger partial charge in [-0.25, -0.2) is 9.37 Å². The van der Waals surface area contributed by atoms with Crippen LogP contribution >= 0.6 is 0 Å². The fraction of sp³-hybridized carbons (Fsp3) is 0.200. The smallest absolute Gasteiger partial charge is 0.509 e. The predicted octanol–water partition coefficient (Wildman–Crippen LogP) is 10.2. The Balaban J connectivity index is 0.00000386. The number of para-hydroxylation sites is 1. The molecule has 0 bridgehead atoms. The van der Waals surface area contributed by atoms with Gasteiger partial charge in [-0.3, -0.25) is 4.68 Å². The summed E-state index contributed by atoms with van der Waals surface area (Å²) in [7, 11) is 0. The third kappa shape index (κ3) is 6.15. The molecule has 0 fully saturated rings. The van der Waals surface area contributed by atoms with E-state index in [1.54, 1.807) is 0 Å². The Labute approximate surface area is 289 Å². The molecular weight excluding hydrogens is 767 g/mol. The standard InChI is InChI=1S/C40H35FN4O.Pt/c1-39(2,3)33-14-10-15-34(40(4,5)6)38(33)26-24-43-44(25-26)28-11-9-12-29(22-28)46-30-17-18-32-31-13-7-8-16-35(31)45(36(32)23-30)37-21-27(41)19-20-42-37;/h7-21,24-25H,1-6H3;/q-2;+2. The van der Waals surface area contributed by atoms with Crippen molar-refractivity contribution in [2.45, 2.75) is 52.4 Å². The third-order valence-corrected chi connectivity index (χ3v) is 8.26. The number of aromatic nitrogens is 4. The molecule has 0 unspecified atom stereocenters. The quantitative estimate of drug-likeness (QED) is 0.163. The van der Waals surface area contributed by atoms with E-state index in [1.165, 1.54) is 35.0 Å². The van der Waals surface area contributed by atoms with Gasteiger partial charge in [-0.1, -0.05) is 83.5 Å². The Morgan fingerprint density at radius 1 is 0.745 bits per heavy atom. The van der Waals surface area contributed by atoms with Crippen LogP contribution in [0.3, 0.4) is 0 Å². The molecule has 7 heteroatoms. The Kier molecular flexibility index (Phi) is 8.44. The molecule has 0 N–H and O–H groups in total. The van der Waals surface area contributed by atoms with Gasteiger partial charge >= 0.3 is 21.1 Å². The number of halogens is 1. The van der Waals surface area contributed by atoms with Crippen molar-refractivity contribution in [3.05, 3.63) is 133 Å². The summed E-state index contributed by atoms with van der Waals surface area (Å²) in [6.45, 7) is 13.5. The summed E-state index contributed by atoms with van der Waals surface area (Å²) in [6, 6.07) is 33.8. The molecule has 0 spiro atoms. The minimum Gasteiger partial charge on any atom is -0.509 e. The average Bonchev–Trinajstić information content (AvgIpc) is 3.63. The summed E-state index contributed by atoms with van der Waals surface area (Å²) < 4.78 is 24.3. The molecule has 0 aliphatic carbocycles. The maximum absolute atomic E-state index is 14.2. The number of nitrogens with zero attached hydrogens (tertiary/aromatic N) is 4. The van der Waals surface area contributed by atoms with E-state index in [-0.39, 0.29) is 37.7 Å². The average molecular weight is 802 g/mol. The van der Waals surface area contributed by atoms with Crippen molar-refractivity contribution >= 4 is 21.8 Å². The maximum Gasteiger partial charge on any atom is 2.00 e. The zero-order valence-corrected chi connectivity index (χ0v) is 29.5. The first-order valence-corrected chi connectivity index (χ1v) is 15.4. The number of benzene rings is 4. The van der Waals surface area contributed by atoms with Crippen LogP contribution in [0, 0.1) is 17.9 Å². The van der Waals surface area contributed by atoms with E-state index in [2.05, 4.69) is 83.1 Å². The topological polar surface area (TPSA) is 44.9 Å². The van der Waals surface area contributed by atoms with Crippen molar-refractivity contribution < 1.29 is 30.2 Å². The van der Waals surface area contributed by atoms with Crippen LogP contribution in [0.1, 0.15) is 52.7 Å². The minimum atomic E-state index is -0.354. The molecule has 3 heterocycles. The van der Waals surface area contributed by atoms with E-state index < -0.39 is 0 Å². The van der Waals surface area contributed by atoms with Crippen molar-refractivity contribution in [2.75, 3.05) is 0 Å². The maximum atomic E-state index is 14.2. The summed E-state index contributed by atoms with van der Waals surface area (Å²) in [6.07, 6.45) is 5.47. The van der Waals surface area contributed by atoms with E-state index in [4.69, 9.17) is 9.84 Å². The fourth-order valence-corrected chi connectivity index (χ4v) is 6.13. The number of hydrogen-bond donors (Lipinski definition) is 0. The molecule has 7 rings (SSSR count). The minimum absolute atomic E-state index is 0. The van der Waals surface area contributed by atoms with Gasteiger partial charge in [0.15, 0.2) is 0 Å². The Morgan fingerprint density at radius 2 is 1.45 bits per heavy atom. The van der Waals surface area contributed by atoms with Crippen molar-refractivity contribution in [3.63, 3.8) is 0 Å². The van der Waals surface area contributed by atoms with Crippen LogP contribution in [-0.2, 0) is 31.9 Å². The molecule has 7 aromatic rings. The van der Waals surface area contributed by atoms with Gasteiger partial charge in [0.25, 0.3) is 0 Å². The molecule has 0 saturated carbocycles. The second-order valence-electron chi connectivity index (χ2n) is 13.7. The fourth-order valence-electron chi connectivity index (χ4n) is 6.13. The van der Waals surface area contributed by atoms with Gasteiger partial charge in [-0.2, -0.15) is 17.2 Å². The molecule has 0 amide bonds. The largest absolute Gasteiger partial charge is 2.00 e. The van der Waals surface area contributed by atoms with Crippen LogP contribution in [0.4, 0.5) is 4.39 Å². The Hall–Kier alpha value is -4.54. The molecule has 47 heavy (non-hydrogen) atoms. The first-order valence-electron chi connectivity index (χ1n) is 15.4. The van der Waals surface area contributed by atoms with Crippen LogP contribution in [0.15, 0.2) is 104 Å². The predicted molar refractivity (Wildman–Crippen MR) is 183 cm³/mol. The van der Waals surface area contributed by atoms with E-state index in [9.17, 15) is 4.39 Å². The second-order valence-corrected chi connectivity index (χ2v) is 13.7. The molecule has 0 aliphatic rings. The number of hydrogen-bond acceptors (Lipinski definition) is 3. The molecule has 0 saturated heterocycles. The molecule has 5 nitrogen and oxygen atoms in total. The van der Waals surface area contributed by atoms with Crippen molar-refractivity contribution in [1.29, 1.82) is 0 Å². The van der Waals surface area contributed by atoms with E-state index >= 15 is 0 Å². The van der Waals surface area contributed by atoms with Gasteiger partial charge in [0.2, 0.25) is 0 Å². The van der Waals surface area contributed by atoms with Gasteiger partial charge in [0.1, 0.15) is 11.6 Å². The number of fused-ring (bicyclic) bond motifs is 3. The Morgan fingerprint density at radius 3 is 2.17 bits per heavy atom. The second kappa shape index (κ2) is 12.2.